The first-order valence-corrected chi connectivity index (χ1v) is 5.39. The molecule has 0 radical (unpaired) electrons. The maximum Gasteiger partial charge on any atom is 0.255 e. The topological polar surface area (TPSA) is 96.7 Å². The molecule has 1 aromatic carbocycles. The summed E-state index contributed by atoms with van der Waals surface area (Å²) < 4.78 is 26.8. The zero-order valence-corrected chi connectivity index (χ0v) is 9.95. The number of hydrogen-bond donors (Lipinski definition) is 3. The molecule has 2 rings (SSSR count). The van der Waals surface area contributed by atoms with Crippen LogP contribution in [-0.2, 0) is 0 Å². The van der Waals surface area contributed by atoms with Crippen LogP contribution < -0.4 is 11.1 Å². The van der Waals surface area contributed by atoms with E-state index < -0.39 is 34.8 Å². The van der Waals surface area contributed by atoms with Crippen LogP contribution in [0.2, 0.25) is 0 Å². The molecular formula is C11H11F2N5O. The van der Waals surface area contributed by atoms with Crippen molar-refractivity contribution in [1.82, 2.24) is 20.5 Å². The molecule has 1 atom stereocenters. The van der Waals surface area contributed by atoms with Crippen molar-refractivity contribution in [2.45, 2.75) is 13.0 Å². The Kier molecular flexibility index (Phi) is 3.41. The molecule has 6 nitrogen and oxygen atoms in total. The molecule has 0 fully saturated rings. The van der Waals surface area contributed by atoms with E-state index in [0.717, 1.165) is 12.1 Å². The van der Waals surface area contributed by atoms with Crippen LogP contribution in [0.5, 0.6) is 0 Å². The minimum atomic E-state index is -0.955. The van der Waals surface area contributed by atoms with Gasteiger partial charge in [0.05, 0.1) is 17.3 Å². The first-order chi connectivity index (χ1) is 8.99. The number of halogens is 2. The number of hydrogen-bond acceptors (Lipinski definition) is 4. The maximum atomic E-state index is 13.6. The van der Waals surface area contributed by atoms with Crippen LogP contribution in [0.1, 0.15) is 29.1 Å². The third-order valence-corrected chi connectivity index (χ3v) is 2.50. The van der Waals surface area contributed by atoms with E-state index in [9.17, 15) is 13.6 Å². The fourth-order valence-electron chi connectivity index (χ4n) is 1.54. The summed E-state index contributed by atoms with van der Waals surface area (Å²) in [4.78, 5) is 15.7. The van der Waals surface area contributed by atoms with Crippen LogP contribution in [0.25, 0.3) is 0 Å². The number of nitrogen functional groups attached to an aromatic ring is 1. The zero-order chi connectivity index (χ0) is 14.0. The van der Waals surface area contributed by atoms with Crippen molar-refractivity contribution >= 4 is 11.6 Å². The van der Waals surface area contributed by atoms with E-state index in [2.05, 4.69) is 20.5 Å². The normalized spacial score (nSPS) is 12.2. The largest absolute Gasteiger partial charge is 0.396 e. The molecule has 2 aromatic rings. The van der Waals surface area contributed by atoms with E-state index >= 15 is 0 Å². The Morgan fingerprint density at radius 2 is 2.21 bits per heavy atom. The lowest BCUT2D eigenvalue weighted by Gasteiger charge is -2.12. The van der Waals surface area contributed by atoms with Gasteiger partial charge in [-0.1, -0.05) is 0 Å². The van der Waals surface area contributed by atoms with Gasteiger partial charge in [-0.05, 0) is 19.1 Å². The molecule has 4 N–H and O–H groups in total. The predicted octanol–water partition coefficient (Wildman–Crippen LogP) is 1.16. The zero-order valence-electron chi connectivity index (χ0n) is 9.95. The van der Waals surface area contributed by atoms with Crippen molar-refractivity contribution < 1.29 is 13.6 Å². The SMILES string of the molecule is CC(NC(=O)c1cc(F)cc(N)c1F)c1ncn[nH]1. The minimum absolute atomic E-state index is 0.401. The highest BCUT2D eigenvalue weighted by atomic mass is 19.1. The molecule has 0 saturated carbocycles. The molecule has 100 valence electrons. The standard InChI is InChI=1S/C11H11F2N5O/c1-5(10-15-4-16-18-10)17-11(19)7-2-6(12)3-8(14)9(7)13/h2-5H,14H2,1H3,(H,17,19)(H,15,16,18). The van der Waals surface area contributed by atoms with Crippen LogP contribution in [0.3, 0.4) is 0 Å². The van der Waals surface area contributed by atoms with Crippen molar-refractivity contribution in [2.75, 3.05) is 5.73 Å². The second kappa shape index (κ2) is 5.01. The Bertz CT molecular complexity index is 599. The van der Waals surface area contributed by atoms with Gasteiger partial charge in [0, 0.05) is 0 Å². The molecular weight excluding hydrogens is 256 g/mol. The fourth-order valence-corrected chi connectivity index (χ4v) is 1.54. The number of aromatic amines is 1. The maximum absolute atomic E-state index is 13.6. The molecule has 1 amide bonds. The summed E-state index contributed by atoms with van der Waals surface area (Å²) in [6.07, 6.45) is 1.28. The van der Waals surface area contributed by atoms with E-state index in [0.29, 0.717) is 5.82 Å². The summed E-state index contributed by atoms with van der Waals surface area (Å²) in [5.74, 6) is -2.12. The lowest BCUT2D eigenvalue weighted by molar-refractivity contribution is 0.0934. The first kappa shape index (κ1) is 12.9. The molecule has 0 spiro atoms. The summed E-state index contributed by atoms with van der Waals surface area (Å²) in [6.45, 7) is 1.62. The molecule has 0 aliphatic heterocycles. The number of benzene rings is 1. The Morgan fingerprint density at radius 1 is 1.47 bits per heavy atom. The van der Waals surface area contributed by atoms with Crippen LogP contribution >= 0.6 is 0 Å². The van der Waals surface area contributed by atoms with Gasteiger partial charge < -0.3 is 11.1 Å². The molecule has 1 unspecified atom stereocenters. The van der Waals surface area contributed by atoms with Gasteiger partial charge in [-0.3, -0.25) is 9.89 Å². The highest BCUT2D eigenvalue weighted by molar-refractivity contribution is 5.95. The second-order valence-corrected chi connectivity index (χ2v) is 3.92. The van der Waals surface area contributed by atoms with E-state index in [1.807, 2.05) is 0 Å². The number of carbonyl (C=O) groups is 1. The number of H-pyrrole nitrogens is 1. The van der Waals surface area contributed by atoms with Crippen molar-refractivity contribution in [3.8, 4) is 0 Å². The molecule has 8 heteroatoms. The Morgan fingerprint density at radius 3 is 2.84 bits per heavy atom. The van der Waals surface area contributed by atoms with Gasteiger partial charge in [-0.25, -0.2) is 13.8 Å². The van der Waals surface area contributed by atoms with Gasteiger partial charge in [-0.2, -0.15) is 5.10 Å². The molecule has 0 saturated heterocycles. The van der Waals surface area contributed by atoms with E-state index in [4.69, 9.17) is 5.73 Å². The predicted molar refractivity (Wildman–Crippen MR) is 63.0 cm³/mol. The Labute approximate surface area is 107 Å². The number of anilines is 1. The fraction of sp³-hybridized carbons (Fsp3) is 0.182. The van der Waals surface area contributed by atoms with Crippen LogP contribution in [0.4, 0.5) is 14.5 Å². The molecule has 1 heterocycles. The highest BCUT2D eigenvalue weighted by Crippen LogP contribution is 2.18. The van der Waals surface area contributed by atoms with Crippen LogP contribution in [-0.4, -0.2) is 21.1 Å². The Balaban J connectivity index is 2.21. The monoisotopic (exact) mass is 267 g/mol. The Hall–Kier alpha value is -2.51. The molecule has 1 aromatic heterocycles. The molecule has 0 aliphatic carbocycles. The van der Waals surface area contributed by atoms with Gasteiger partial charge in [0.1, 0.15) is 18.0 Å². The van der Waals surface area contributed by atoms with E-state index in [1.165, 1.54) is 6.33 Å². The lowest BCUT2D eigenvalue weighted by atomic mass is 10.1. The third kappa shape index (κ3) is 2.67. The second-order valence-electron chi connectivity index (χ2n) is 3.92. The minimum Gasteiger partial charge on any atom is -0.396 e. The van der Waals surface area contributed by atoms with Crippen molar-refractivity contribution in [1.29, 1.82) is 0 Å². The smallest absolute Gasteiger partial charge is 0.255 e. The van der Waals surface area contributed by atoms with Gasteiger partial charge in [0.2, 0.25) is 0 Å². The lowest BCUT2D eigenvalue weighted by Crippen LogP contribution is -2.28. The first-order valence-electron chi connectivity index (χ1n) is 5.39. The van der Waals surface area contributed by atoms with Crippen molar-refractivity contribution in [3.05, 3.63) is 41.5 Å². The van der Waals surface area contributed by atoms with Gasteiger partial charge in [-0.15, -0.1) is 0 Å². The summed E-state index contributed by atoms with van der Waals surface area (Å²) in [5.41, 5.74) is 4.39. The molecule has 0 bridgehead atoms. The number of rotatable bonds is 3. The van der Waals surface area contributed by atoms with Gasteiger partial charge >= 0.3 is 0 Å². The van der Waals surface area contributed by atoms with Crippen molar-refractivity contribution in [2.24, 2.45) is 0 Å². The number of aromatic nitrogens is 3. The van der Waals surface area contributed by atoms with Crippen LogP contribution in [0.15, 0.2) is 18.5 Å². The quantitative estimate of drug-likeness (QED) is 0.727. The van der Waals surface area contributed by atoms with Crippen molar-refractivity contribution in [3.63, 3.8) is 0 Å². The number of amides is 1. The number of nitrogens with zero attached hydrogens (tertiary/aromatic N) is 2. The summed E-state index contributed by atoms with van der Waals surface area (Å²) in [5, 5.41) is 8.65. The average Bonchev–Trinajstić information content (AvgIpc) is 2.87. The number of nitrogens with one attached hydrogen (secondary N) is 2. The third-order valence-electron chi connectivity index (χ3n) is 2.50. The van der Waals surface area contributed by atoms with E-state index in [-0.39, 0.29) is 0 Å². The molecule has 19 heavy (non-hydrogen) atoms. The number of nitrogens with two attached hydrogens (primary N) is 1. The van der Waals surface area contributed by atoms with E-state index in [1.54, 1.807) is 6.92 Å². The van der Waals surface area contributed by atoms with Crippen LogP contribution in [0, 0.1) is 11.6 Å². The molecule has 0 aliphatic rings. The highest BCUT2D eigenvalue weighted by Gasteiger charge is 2.19. The average molecular weight is 267 g/mol. The van der Waals surface area contributed by atoms with Gasteiger partial charge in [0.25, 0.3) is 5.91 Å². The number of carbonyl (C=O) groups excluding carboxylic acids is 1. The van der Waals surface area contributed by atoms with Gasteiger partial charge in [0.15, 0.2) is 5.82 Å². The summed E-state index contributed by atoms with van der Waals surface area (Å²) in [6, 6.07) is 1.07. The summed E-state index contributed by atoms with van der Waals surface area (Å²) >= 11 is 0. The summed E-state index contributed by atoms with van der Waals surface area (Å²) in [7, 11) is 0.